The van der Waals surface area contributed by atoms with Gasteiger partial charge in [-0.2, -0.15) is 0 Å². The second-order valence-electron chi connectivity index (χ2n) is 6.39. The van der Waals surface area contributed by atoms with E-state index in [0.717, 1.165) is 37.7 Å². The average molecular weight is 339 g/mol. The topological polar surface area (TPSA) is 52.6 Å². The predicted octanol–water partition coefficient (Wildman–Crippen LogP) is 1.82. The molecule has 0 aliphatic carbocycles. The highest BCUT2D eigenvalue weighted by atomic mass is 16.2. The van der Waals surface area contributed by atoms with Crippen LogP contribution in [0.2, 0.25) is 0 Å². The standard InChI is InChI=1S/C19H25N5O/c1-16(17-7-3-5-9-20-17)22(2)19(25)15-23-11-13-24(14-12-23)18-8-4-6-10-21-18/h3-10,16H,11-15H2,1-2H3. The van der Waals surface area contributed by atoms with Crippen LogP contribution in [0.5, 0.6) is 0 Å². The zero-order valence-electron chi connectivity index (χ0n) is 14.9. The van der Waals surface area contributed by atoms with E-state index in [1.165, 1.54) is 0 Å². The van der Waals surface area contributed by atoms with Crippen molar-refractivity contribution in [3.63, 3.8) is 0 Å². The number of carbonyl (C=O) groups is 1. The van der Waals surface area contributed by atoms with Crippen molar-refractivity contribution in [3.8, 4) is 0 Å². The Morgan fingerprint density at radius 3 is 2.36 bits per heavy atom. The molecular formula is C19H25N5O. The molecule has 1 fully saturated rings. The van der Waals surface area contributed by atoms with Crippen molar-refractivity contribution in [1.29, 1.82) is 0 Å². The second kappa shape index (κ2) is 8.07. The molecule has 0 bridgehead atoms. The number of likely N-dealkylation sites (N-methyl/N-ethyl adjacent to an activating group) is 1. The summed E-state index contributed by atoms with van der Waals surface area (Å²) in [5.74, 6) is 1.14. The third kappa shape index (κ3) is 4.33. The second-order valence-corrected chi connectivity index (χ2v) is 6.39. The normalized spacial score (nSPS) is 16.5. The molecule has 0 saturated carbocycles. The molecule has 2 aromatic heterocycles. The zero-order chi connectivity index (χ0) is 17.6. The molecule has 6 heteroatoms. The summed E-state index contributed by atoms with van der Waals surface area (Å²) in [5, 5.41) is 0. The van der Waals surface area contributed by atoms with Crippen molar-refractivity contribution in [3.05, 3.63) is 54.5 Å². The van der Waals surface area contributed by atoms with E-state index in [0.29, 0.717) is 6.54 Å². The monoisotopic (exact) mass is 339 g/mol. The minimum absolute atomic E-state index is 0.0245. The molecule has 1 aliphatic heterocycles. The molecule has 6 nitrogen and oxygen atoms in total. The number of amides is 1. The molecule has 3 heterocycles. The van der Waals surface area contributed by atoms with Crippen LogP contribution in [0, 0.1) is 0 Å². The minimum Gasteiger partial charge on any atom is -0.354 e. The zero-order valence-corrected chi connectivity index (χ0v) is 14.9. The van der Waals surface area contributed by atoms with Crippen molar-refractivity contribution in [2.75, 3.05) is 44.7 Å². The van der Waals surface area contributed by atoms with Gasteiger partial charge in [-0.05, 0) is 31.2 Å². The lowest BCUT2D eigenvalue weighted by Crippen LogP contribution is -2.50. The first kappa shape index (κ1) is 17.4. The first-order chi connectivity index (χ1) is 12.1. The predicted molar refractivity (Wildman–Crippen MR) is 98.3 cm³/mol. The minimum atomic E-state index is -0.0245. The number of nitrogens with zero attached hydrogens (tertiary/aromatic N) is 5. The molecule has 1 unspecified atom stereocenters. The number of pyridine rings is 2. The Hall–Kier alpha value is -2.47. The lowest BCUT2D eigenvalue weighted by Gasteiger charge is -2.36. The maximum atomic E-state index is 12.6. The molecule has 2 aromatic rings. The Labute approximate surface area is 149 Å². The van der Waals surface area contributed by atoms with Crippen LogP contribution in [0.25, 0.3) is 0 Å². The highest BCUT2D eigenvalue weighted by molar-refractivity contribution is 5.78. The molecule has 0 aromatic carbocycles. The smallest absolute Gasteiger partial charge is 0.237 e. The molecule has 0 radical (unpaired) electrons. The number of hydrogen-bond donors (Lipinski definition) is 0. The molecule has 3 rings (SSSR count). The fraction of sp³-hybridized carbons (Fsp3) is 0.421. The number of piperazine rings is 1. The fourth-order valence-corrected chi connectivity index (χ4v) is 3.02. The van der Waals surface area contributed by atoms with Gasteiger partial charge < -0.3 is 9.80 Å². The van der Waals surface area contributed by atoms with Gasteiger partial charge in [0.05, 0.1) is 18.3 Å². The van der Waals surface area contributed by atoms with Crippen LogP contribution in [0.3, 0.4) is 0 Å². The van der Waals surface area contributed by atoms with Gasteiger partial charge in [-0.3, -0.25) is 14.7 Å². The van der Waals surface area contributed by atoms with Crippen molar-refractivity contribution < 1.29 is 4.79 Å². The number of aromatic nitrogens is 2. The maximum Gasteiger partial charge on any atom is 0.237 e. The first-order valence-corrected chi connectivity index (χ1v) is 8.70. The van der Waals surface area contributed by atoms with Crippen LogP contribution in [0.1, 0.15) is 18.7 Å². The molecule has 132 valence electrons. The number of rotatable bonds is 5. The van der Waals surface area contributed by atoms with Crippen LogP contribution in [-0.4, -0.2) is 65.4 Å². The van der Waals surface area contributed by atoms with Crippen molar-refractivity contribution in [2.24, 2.45) is 0 Å². The number of hydrogen-bond acceptors (Lipinski definition) is 5. The highest BCUT2D eigenvalue weighted by Crippen LogP contribution is 2.17. The van der Waals surface area contributed by atoms with E-state index in [1.54, 1.807) is 11.1 Å². The molecule has 0 spiro atoms. The molecule has 25 heavy (non-hydrogen) atoms. The number of carbonyl (C=O) groups excluding carboxylic acids is 1. The maximum absolute atomic E-state index is 12.6. The third-order valence-electron chi connectivity index (χ3n) is 4.79. The Bertz CT molecular complexity index is 671. The largest absolute Gasteiger partial charge is 0.354 e. The van der Waals surface area contributed by atoms with E-state index >= 15 is 0 Å². The summed E-state index contributed by atoms with van der Waals surface area (Å²) in [6.07, 6.45) is 3.58. The quantitative estimate of drug-likeness (QED) is 0.832. The third-order valence-corrected chi connectivity index (χ3v) is 4.79. The van der Waals surface area contributed by atoms with Crippen LogP contribution < -0.4 is 4.90 Å². The van der Waals surface area contributed by atoms with Gasteiger partial charge in [-0.1, -0.05) is 12.1 Å². The van der Waals surface area contributed by atoms with E-state index in [9.17, 15) is 4.79 Å². The SMILES string of the molecule is CC(c1ccccn1)N(C)C(=O)CN1CCN(c2ccccn2)CC1. The summed E-state index contributed by atoms with van der Waals surface area (Å²) < 4.78 is 0. The Morgan fingerprint density at radius 1 is 1.08 bits per heavy atom. The molecule has 1 atom stereocenters. The van der Waals surface area contributed by atoms with Gasteiger partial charge in [0.2, 0.25) is 5.91 Å². The number of anilines is 1. The van der Waals surface area contributed by atoms with Gasteiger partial charge in [-0.25, -0.2) is 4.98 Å². The molecule has 1 amide bonds. The van der Waals surface area contributed by atoms with Crippen molar-refractivity contribution in [1.82, 2.24) is 19.8 Å². The van der Waals surface area contributed by atoms with E-state index in [2.05, 4.69) is 19.8 Å². The Morgan fingerprint density at radius 2 is 1.76 bits per heavy atom. The summed E-state index contributed by atoms with van der Waals surface area (Å²) in [7, 11) is 1.85. The van der Waals surface area contributed by atoms with Gasteiger partial charge in [0.1, 0.15) is 5.82 Å². The fourth-order valence-electron chi connectivity index (χ4n) is 3.02. The van der Waals surface area contributed by atoms with E-state index < -0.39 is 0 Å². The lowest BCUT2D eigenvalue weighted by molar-refractivity contribution is -0.133. The summed E-state index contributed by atoms with van der Waals surface area (Å²) in [6, 6.07) is 11.7. The molecule has 0 N–H and O–H groups in total. The summed E-state index contributed by atoms with van der Waals surface area (Å²) in [4.78, 5) is 27.6. The molecule has 1 saturated heterocycles. The van der Waals surface area contributed by atoms with Gasteiger partial charge >= 0.3 is 0 Å². The summed E-state index contributed by atoms with van der Waals surface area (Å²) in [5.41, 5.74) is 0.915. The van der Waals surface area contributed by atoms with Crippen molar-refractivity contribution >= 4 is 11.7 Å². The first-order valence-electron chi connectivity index (χ1n) is 8.70. The highest BCUT2D eigenvalue weighted by Gasteiger charge is 2.23. The van der Waals surface area contributed by atoms with E-state index in [4.69, 9.17) is 0 Å². The molecule has 1 aliphatic rings. The van der Waals surface area contributed by atoms with Gasteiger partial charge in [0.15, 0.2) is 0 Å². The lowest BCUT2D eigenvalue weighted by atomic mass is 10.2. The molecular weight excluding hydrogens is 314 g/mol. The van der Waals surface area contributed by atoms with Crippen LogP contribution in [0.15, 0.2) is 48.8 Å². The van der Waals surface area contributed by atoms with Crippen LogP contribution in [0.4, 0.5) is 5.82 Å². The Balaban J connectivity index is 1.50. The summed E-state index contributed by atoms with van der Waals surface area (Å²) >= 11 is 0. The van der Waals surface area contributed by atoms with Crippen LogP contribution >= 0.6 is 0 Å². The van der Waals surface area contributed by atoms with E-state index in [-0.39, 0.29) is 11.9 Å². The van der Waals surface area contributed by atoms with Crippen LogP contribution in [-0.2, 0) is 4.79 Å². The Kier molecular flexibility index (Phi) is 5.60. The summed E-state index contributed by atoms with van der Waals surface area (Å²) in [6.45, 7) is 5.98. The van der Waals surface area contributed by atoms with Gasteiger partial charge in [0.25, 0.3) is 0 Å². The van der Waals surface area contributed by atoms with Gasteiger partial charge in [-0.15, -0.1) is 0 Å². The van der Waals surface area contributed by atoms with Crippen molar-refractivity contribution in [2.45, 2.75) is 13.0 Å². The van der Waals surface area contributed by atoms with E-state index in [1.807, 2.05) is 56.6 Å². The average Bonchev–Trinajstić information content (AvgIpc) is 2.68. The van der Waals surface area contributed by atoms with Gasteiger partial charge in [0, 0.05) is 45.6 Å².